The first kappa shape index (κ1) is 15.9. The van der Waals surface area contributed by atoms with E-state index in [4.69, 9.17) is 0 Å². The van der Waals surface area contributed by atoms with Gasteiger partial charge in [-0.25, -0.2) is 0 Å². The number of halogens is 1. The molecule has 3 aromatic rings. The average molecular weight is 388 g/mol. The first-order valence-corrected chi connectivity index (χ1v) is 7.66. The molecule has 0 spiro atoms. The first-order valence-electron chi connectivity index (χ1n) is 6.87. The van der Waals surface area contributed by atoms with E-state index in [1.807, 2.05) is 0 Å². The van der Waals surface area contributed by atoms with Crippen LogP contribution in [0.4, 0.5) is 0 Å². The van der Waals surface area contributed by atoms with E-state index in [1.165, 1.54) is 24.7 Å². The molecule has 0 fully saturated rings. The van der Waals surface area contributed by atoms with Crippen LogP contribution in [-0.4, -0.2) is 27.5 Å². The molecule has 0 aliphatic carbocycles. The first-order chi connectivity index (χ1) is 11.6. The molecule has 24 heavy (non-hydrogen) atoms. The molecule has 0 saturated carbocycles. The van der Waals surface area contributed by atoms with E-state index in [1.54, 1.807) is 36.4 Å². The van der Waals surface area contributed by atoms with Crippen LogP contribution < -0.4 is 4.43 Å². The molecular weight excluding hydrogens is 376 g/mol. The Hall–Kier alpha value is -3.00. The fourth-order valence-electron chi connectivity index (χ4n) is 2.12. The van der Waals surface area contributed by atoms with Crippen molar-refractivity contribution in [2.75, 3.05) is 0 Å². The van der Waals surface area contributed by atoms with Crippen molar-refractivity contribution in [1.82, 2.24) is 4.73 Å². The van der Waals surface area contributed by atoms with Crippen LogP contribution in [0, 0.1) is 4.91 Å². The predicted octanol–water partition coefficient (Wildman–Crippen LogP) is 2.71. The minimum atomic E-state index is 0.0671. The maximum absolute atomic E-state index is 11.9. The van der Waals surface area contributed by atoms with Crippen LogP contribution in [0.2, 0.25) is 0 Å². The lowest BCUT2D eigenvalue weighted by molar-refractivity contribution is -0.465. The van der Waals surface area contributed by atoms with E-state index in [0.29, 0.717) is 21.0 Å². The van der Waals surface area contributed by atoms with E-state index in [9.17, 15) is 15.2 Å². The van der Waals surface area contributed by atoms with E-state index < -0.39 is 0 Å². The summed E-state index contributed by atoms with van der Waals surface area (Å²) < 4.78 is 2.30. The van der Waals surface area contributed by atoms with Gasteiger partial charge in [0.2, 0.25) is 0 Å². The van der Waals surface area contributed by atoms with E-state index in [-0.39, 0.29) is 11.4 Å². The molecule has 8 heteroatoms. The fourth-order valence-corrected chi connectivity index (χ4v) is 2.50. The van der Waals surface area contributed by atoms with Gasteiger partial charge in [-0.3, -0.25) is 0 Å². The van der Waals surface area contributed by atoms with Gasteiger partial charge in [0.15, 0.2) is 11.2 Å². The Bertz CT molecular complexity index is 1030. The number of nitrogens with zero attached hydrogens (tertiary/aromatic N) is 4. The Morgan fingerprint density at radius 2 is 1.88 bits per heavy atom. The fraction of sp³-hybridized carbons (Fsp3) is 0. The van der Waals surface area contributed by atoms with Gasteiger partial charge in [0, 0.05) is 21.0 Å². The zero-order valence-electron chi connectivity index (χ0n) is 12.2. The quantitative estimate of drug-likeness (QED) is 0.313. The van der Waals surface area contributed by atoms with Crippen molar-refractivity contribution in [2.24, 2.45) is 10.2 Å². The summed E-state index contributed by atoms with van der Waals surface area (Å²) in [6.07, 6.45) is 3.80. The summed E-state index contributed by atoms with van der Waals surface area (Å²) in [5, 5.41) is 27.5. The van der Waals surface area contributed by atoms with Crippen LogP contribution in [0.1, 0.15) is 11.3 Å². The van der Waals surface area contributed by atoms with Crippen molar-refractivity contribution in [3.05, 3.63) is 69.3 Å². The average Bonchev–Trinajstić information content (AvgIpc) is 2.59. The van der Waals surface area contributed by atoms with Crippen molar-refractivity contribution >= 4 is 39.4 Å². The third kappa shape index (κ3) is 3.18. The zero-order chi connectivity index (χ0) is 17.1. The van der Waals surface area contributed by atoms with E-state index in [0.717, 1.165) is 9.20 Å². The maximum atomic E-state index is 11.9. The number of benzene rings is 2. The normalized spacial score (nSPS) is 11.7. The monoisotopic (exact) mass is 387 g/mol. The van der Waals surface area contributed by atoms with E-state index >= 15 is 0 Å². The number of aromatic nitrogens is 2. The molecule has 7 nitrogen and oxygen atoms in total. The number of aromatic hydroxyl groups is 1. The SMILES string of the molecule is O=[n+]1cc(/C=N\N=C/c2cc(Br)ccc2O)n(O)c2ccccc21. The summed E-state index contributed by atoms with van der Waals surface area (Å²) in [6.45, 7) is 0. The highest BCUT2D eigenvalue weighted by atomic mass is 79.9. The van der Waals surface area contributed by atoms with Crippen LogP contribution in [0.15, 0.2) is 63.3 Å². The standard InChI is InChI=1S/C16H11BrN4O3/c17-12-5-6-16(22)11(7-12)8-18-19-9-13-10-20(23)14-3-1-2-4-15(14)21(13)24/h1-10,24H/p+1. The molecule has 1 aromatic heterocycles. The topological polar surface area (TPSA) is 93.1 Å². The summed E-state index contributed by atoms with van der Waals surface area (Å²) >= 11 is 3.30. The molecule has 0 unspecified atom stereocenters. The van der Waals surface area contributed by atoms with Gasteiger partial charge in [-0.15, -0.1) is 0 Å². The largest absolute Gasteiger partial charge is 0.507 e. The lowest BCUT2D eigenvalue weighted by atomic mass is 10.2. The Labute approximate surface area is 144 Å². The Balaban J connectivity index is 1.91. The van der Waals surface area contributed by atoms with Gasteiger partial charge in [-0.1, -0.05) is 28.1 Å². The summed E-state index contributed by atoms with van der Waals surface area (Å²) in [7, 11) is 0. The summed E-state index contributed by atoms with van der Waals surface area (Å²) in [6, 6.07) is 11.5. The Morgan fingerprint density at radius 3 is 2.71 bits per heavy atom. The smallest absolute Gasteiger partial charge is 0.289 e. The lowest BCUT2D eigenvalue weighted by Gasteiger charge is -2.01. The number of phenolic OH excluding ortho intramolecular Hbond substituents is 1. The molecule has 0 radical (unpaired) electrons. The van der Waals surface area contributed by atoms with Crippen LogP contribution in [0.3, 0.4) is 0 Å². The third-order valence-electron chi connectivity index (χ3n) is 3.28. The van der Waals surface area contributed by atoms with Crippen LogP contribution in [-0.2, 0) is 0 Å². The molecule has 0 amide bonds. The predicted molar refractivity (Wildman–Crippen MR) is 93.5 cm³/mol. The number of rotatable bonds is 3. The van der Waals surface area contributed by atoms with Gasteiger partial charge in [-0.05, 0) is 24.3 Å². The summed E-state index contributed by atoms with van der Waals surface area (Å²) in [5.41, 5.74) is 1.33. The lowest BCUT2D eigenvalue weighted by Crippen LogP contribution is -2.20. The Kier molecular flexibility index (Phi) is 4.39. The number of fused-ring (bicyclic) bond motifs is 1. The highest BCUT2D eigenvalue weighted by molar-refractivity contribution is 9.10. The van der Waals surface area contributed by atoms with Gasteiger partial charge in [0.05, 0.1) is 16.9 Å². The molecule has 120 valence electrons. The molecule has 0 aliphatic heterocycles. The van der Waals surface area contributed by atoms with E-state index in [2.05, 4.69) is 26.1 Å². The summed E-state index contributed by atoms with van der Waals surface area (Å²) in [4.78, 5) is 11.9. The van der Waals surface area contributed by atoms with Crippen molar-refractivity contribution in [3.8, 4) is 5.75 Å². The highest BCUT2D eigenvalue weighted by Crippen LogP contribution is 2.20. The summed E-state index contributed by atoms with van der Waals surface area (Å²) in [5.74, 6) is 0.0671. The maximum Gasteiger partial charge on any atom is 0.289 e. The van der Waals surface area contributed by atoms with Crippen LogP contribution in [0.5, 0.6) is 5.75 Å². The number of hydrogen-bond acceptors (Lipinski definition) is 5. The molecule has 0 bridgehead atoms. The molecule has 3 rings (SSSR count). The van der Waals surface area contributed by atoms with Crippen molar-refractivity contribution in [1.29, 1.82) is 0 Å². The number of phenols is 1. The van der Waals surface area contributed by atoms with Gasteiger partial charge in [0.25, 0.3) is 11.7 Å². The van der Waals surface area contributed by atoms with Gasteiger partial charge in [0.1, 0.15) is 5.75 Å². The van der Waals surface area contributed by atoms with Crippen molar-refractivity contribution < 1.29 is 14.7 Å². The molecule has 2 N–H and O–H groups in total. The van der Waals surface area contributed by atoms with Gasteiger partial charge >= 0.3 is 0 Å². The molecule has 1 heterocycles. The van der Waals surface area contributed by atoms with Gasteiger partial charge in [-0.2, -0.15) is 14.9 Å². The Morgan fingerprint density at radius 1 is 1.12 bits per heavy atom. The van der Waals surface area contributed by atoms with Crippen molar-refractivity contribution in [2.45, 2.75) is 0 Å². The molecule has 0 saturated heterocycles. The second kappa shape index (κ2) is 6.63. The highest BCUT2D eigenvalue weighted by Gasteiger charge is 2.13. The van der Waals surface area contributed by atoms with Crippen LogP contribution >= 0.6 is 15.9 Å². The molecule has 0 aliphatic rings. The second-order valence-electron chi connectivity index (χ2n) is 4.87. The van der Waals surface area contributed by atoms with Crippen LogP contribution in [0.25, 0.3) is 11.0 Å². The second-order valence-corrected chi connectivity index (χ2v) is 5.79. The third-order valence-corrected chi connectivity index (χ3v) is 3.78. The molecular formula is C16H12BrN4O3+. The minimum Gasteiger partial charge on any atom is -0.507 e. The number of hydrogen-bond donors (Lipinski definition) is 2. The molecule has 2 aromatic carbocycles. The number of para-hydroxylation sites is 2. The van der Waals surface area contributed by atoms with Crippen molar-refractivity contribution in [3.63, 3.8) is 0 Å². The zero-order valence-corrected chi connectivity index (χ0v) is 13.8. The van der Waals surface area contributed by atoms with Gasteiger partial charge < -0.3 is 10.3 Å². The molecule has 0 atom stereocenters. The minimum absolute atomic E-state index is 0.0671.